The molecule has 0 unspecified atom stereocenters. The molecule has 5 aromatic rings. The summed E-state index contributed by atoms with van der Waals surface area (Å²) < 4.78 is 11.6. The van der Waals surface area contributed by atoms with Crippen molar-refractivity contribution in [1.82, 2.24) is 4.98 Å². The summed E-state index contributed by atoms with van der Waals surface area (Å²) in [4.78, 5) is 17.2. The van der Waals surface area contributed by atoms with E-state index >= 15 is 0 Å². The molecule has 0 aliphatic heterocycles. The first-order valence-electron chi connectivity index (χ1n) is 9.94. The van der Waals surface area contributed by atoms with Gasteiger partial charge in [0.05, 0.1) is 21.3 Å². The van der Waals surface area contributed by atoms with Crippen LogP contribution in [0.4, 0.5) is 5.69 Å². The third-order valence-electron chi connectivity index (χ3n) is 5.02. The van der Waals surface area contributed by atoms with Gasteiger partial charge in [-0.1, -0.05) is 77.3 Å². The average molecular weight is 498 g/mol. The molecule has 0 fully saturated rings. The van der Waals surface area contributed by atoms with Crippen LogP contribution in [0, 0.1) is 0 Å². The minimum Gasteiger partial charge on any atom is -0.481 e. The van der Waals surface area contributed by atoms with E-state index in [1.54, 1.807) is 6.07 Å². The van der Waals surface area contributed by atoms with Gasteiger partial charge < -0.3 is 14.5 Å². The van der Waals surface area contributed by atoms with Gasteiger partial charge >= 0.3 is 0 Å². The first-order chi connectivity index (χ1) is 16.0. The van der Waals surface area contributed by atoms with Gasteiger partial charge in [0.15, 0.2) is 17.9 Å². The van der Waals surface area contributed by atoms with E-state index in [9.17, 15) is 4.79 Å². The molecule has 33 heavy (non-hydrogen) atoms. The highest BCUT2D eigenvalue weighted by Crippen LogP contribution is 2.36. The van der Waals surface area contributed by atoms with Crippen molar-refractivity contribution in [2.75, 3.05) is 11.9 Å². The van der Waals surface area contributed by atoms with Gasteiger partial charge in [-0.15, -0.1) is 0 Å². The Labute approximate surface area is 203 Å². The molecule has 5 rings (SSSR count). The van der Waals surface area contributed by atoms with Crippen molar-refractivity contribution in [2.45, 2.75) is 0 Å². The van der Waals surface area contributed by atoms with Gasteiger partial charge in [-0.25, -0.2) is 4.98 Å². The van der Waals surface area contributed by atoms with Gasteiger partial charge in [-0.2, -0.15) is 0 Å². The van der Waals surface area contributed by atoms with Gasteiger partial charge in [0, 0.05) is 10.4 Å². The minimum atomic E-state index is -0.397. The number of fused-ring (bicyclic) bond motifs is 3. The molecule has 0 saturated heterocycles. The molecule has 0 spiro atoms. The van der Waals surface area contributed by atoms with Crippen molar-refractivity contribution < 1.29 is 13.9 Å². The third-order valence-corrected chi connectivity index (χ3v) is 5.80. The number of oxazole rings is 1. The summed E-state index contributed by atoms with van der Waals surface area (Å²) in [7, 11) is 0. The molecule has 164 valence electrons. The lowest BCUT2D eigenvalue weighted by molar-refractivity contribution is -0.118. The predicted molar refractivity (Wildman–Crippen MR) is 133 cm³/mol. The monoisotopic (exact) mass is 496 g/mol. The summed E-state index contributed by atoms with van der Waals surface area (Å²) >= 11 is 18.1. The highest BCUT2D eigenvalue weighted by atomic mass is 35.5. The van der Waals surface area contributed by atoms with Crippen LogP contribution >= 0.6 is 34.8 Å². The summed E-state index contributed by atoms with van der Waals surface area (Å²) in [6.07, 6.45) is 0. The molecule has 0 saturated carbocycles. The Morgan fingerprint density at radius 2 is 1.67 bits per heavy atom. The van der Waals surface area contributed by atoms with E-state index in [4.69, 9.17) is 44.0 Å². The van der Waals surface area contributed by atoms with Gasteiger partial charge in [-0.05, 0) is 35.7 Å². The summed E-state index contributed by atoms with van der Waals surface area (Å²) in [6, 6.07) is 22.1. The topological polar surface area (TPSA) is 64.4 Å². The normalized spacial score (nSPS) is 11.1. The Morgan fingerprint density at radius 3 is 2.48 bits per heavy atom. The fraction of sp³-hybridized carbons (Fsp3) is 0.0400. The van der Waals surface area contributed by atoms with E-state index in [1.807, 2.05) is 54.6 Å². The third kappa shape index (κ3) is 4.35. The minimum absolute atomic E-state index is 0.192. The molecule has 1 aromatic heterocycles. The van der Waals surface area contributed by atoms with Crippen LogP contribution in [-0.2, 0) is 4.79 Å². The Kier molecular flexibility index (Phi) is 5.85. The van der Waals surface area contributed by atoms with Crippen molar-refractivity contribution >= 4 is 68.3 Å². The SMILES string of the molecule is O=C(COc1c(Cl)cc(Cl)cc1Cl)Nc1ccccc1-c1nc2ccc3ccccc3c2o1. The van der Waals surface area contributed by atoms with E-state index in [2.05, 4.69) is 10.3 Å². The van der Waals surface area contributed by atoms with Crippen molar-refractivity contribution in [3.63, 3.8) is 0 Å². The Hall–Kier alpha value is -3.25. The molecular formula is C25H15Cl3N2O3. The molecule has 0 aliphatic carbocycles. The maximum Gasteiger partial charge on any atom is 0.262 e. The second kappa shape index (κ2) is 8.94. The molecule has 0 radical (unpaired) electrons. The smallest absolute Gasteiger partial charge is 0.262 e. The Balaban J connectivity index is 1.40. The number of nitrogens with one attached hydrogen (secondary N) is 1. The fourth-order valence-corrected chi connectivity index (χ4v) is 4.47. The van der Waals surface area contributed by atoms with Crippen LogP contribution in [0.5, 0.6) is 5.75 Å². The van der Waals surface area contributed by atoms with E-state index in [0.29, 0.717) is 27.7 Å². The molecule has 1 heterocycles. The van der Waals surface area contributed by atoms with Crippen LogP contribution in [0.3, 0.4) is 0 Å². The number of amides is 1. The van der Waals surface area contributed by atoms with Crippen molar-refractivity contribution in [3.05, 3.63) is 87.9 Å². The first-order valence-corrected chi connectivity index (χ1v) is 11.1. The van der Waals surface area contributed by atoms with E-state index < -0.39 is 5.91 Å². The largest absolute Gasteiger partial charge is 0.481 e. The summed E-state index contributed by atoms with van der Waals surface area (Å²) in [6.45, 7) is -0.298. The van der Waals surface area contributed by atoms with Crippen molar-refractivity contribution in [2.24, 2.45) is 0 Å². The van der Waals surface area contributed by atoms with Gasteiger partial charge in [0.25, 0.3) is 5.91 Å². The number of rotatable bonds is 5. The van der Waals surface area contributed by atoms with E-state index in [-0.39, 0.29) is 22.4 Å². The number of anilines is 1. The number of ether oxygens (including phenoxy) is 1. The lowest BCUT2D eigenvalue weighted by atomic mass is 10.1. The van der Waals surface area contributed by atoms with Gasteiger partial charge in [-0.3, -0.25) is 4.79 Å². The van der Waals surface area contributed by atoms with Crippen LogP contribution in [0.15, 0.2) is 77.2 Å². The van der Waals surface area contributed by atoms with Crippen LogP contribution in [0.2, 0.25) is 15.1 Å². The Morgan fingerprint density at radius 1 is 0.939 bits per heavy atom. The number of hydrogen-bond acceptors (Lipinski definition) is 4. The molecule has 8 heteroatoms. The lowest BCUT2D eigenvalue weighted by Crippen LogP contribution is -2.20. The number of hydrogen-bond donors (Lipinski definition) is 1. The van der Waals surface area contributed by atoms with E-state index in [1.165, 1.54) is 12.1 Å². The Bertz CT molecular complexity index is 1490. The maximum absolute atomic E-state index is 12.6. The lowest BCUT2D eigenvalue weighted by Gasteiger charge is -2.12. The second-order valence-electron chi connectivity index (χ2n) is 7.23. The molecule has 1 amide bonds. The molecule has 4 aromatic carbocycles. The highest BCUT2D eigenvalue weighted by Gasteiger charge is 2.17. The van der Waals surface area contributed by atoms with Crippen LogP contribution in [0.25, 0.3) is 33.3 Å². The number of carbonyl (C=O) groups excluding carboxylic acids is 1. The molecule has 0 atom stereocenters. The molecule has 5 nitrogen and oxygen atoms in total. The number of halogens is 3. The first kappa shape index (κ1) is 21.6. The zero-order chi connectivity index (χ0) is 22.9. The average Bonchev–Trinajstić information content (AvgIpc) is 3.23. The molecule has 0 bridgehead atoms. The molecule has 1 N–H and O–H groups in total. The highest BCUT2D eigenvalue weighted by molar-refractivity contribution is 6.40. The predicted octanol–water partition coefficient (Wildman–Crippen LogP) is 7.63. The number of para-hydroxylation sites is 1. The number of aromatic nitrogens is 1. The number of benzene rings is 4. The van der Waals surface area contributed by atoms with Crippen LogP contribution in [0.1, 0.15) is 0 Å². The molecular weight excluding hydrogens is 483 g/mol. The molecule has 0 aliphatic rings. The second-order valence-corrected chi connectivity index (χ2v) is 8.49. The number of nitrogens with zero attached hydrogens (tertiary/aromatic N) is 1. The summed E-state index contributed by atoms with van der Waals surface area (Å²) in [5, 5.41) is 5.69. The van der Waals surface area contributed by atoms with Gasteiger partial charge in [0.1, 0.15) is 5.52 Å². The summed E-state index contributed by atoms with van der Waals surface area (Å²) in [5.74, 6) is 0.199. The van der Waals surface area contributed by atoms with Crippen LogP contribution < -0.4 is 10.1 Å². The van der Waals surface area contributed by atoms with Crippen molar-refractivity contribution in [1.29, 1.82) is 0 Å². The quantitative estimate of drug-likeness (QED) is 0.271. The van der Waals surface area contributed by atoms with Crippen molar-refractivity contribution in [3.8, 4) is 17.2 Å². The summed E-state index contributed by atoms with van der Waals surface area (Å²) in [5.41, 5.74) is 2.61. The van der Waals surface area contributed by atoms with E-state index in [0.717, 1.165) is 16.3 Å². The standard InChI is InChI=1S/C25H15Cl3N2O3/c26-15-11-18(27)24(19(28)12-15)32-13-22(31)29-20-8-4-3-7-17(20)25-30-21-10-9-14-5-1-2-6-16(14)23(21)33-25/h1-12H,13H2,(H,29,31). The van der Waals surface area contributed by atoms with Crippen LogP contribution in [-0.4, -0.2) is 17.5 Å². The van der Waals surface area contributed by atoms with Gasteiger partial charge in [0.2, 0.25) is 5.89 Å². The maximum atomic E-state index is 12.6. The zero-order valence-electron chi connectivity index (χ0n) is 16.9. The zero-order valence-corrected chi connectivity index (χ0v) is 19.2. The fourth-order valence-electron chi connectivity index (χ4n) is 3.54. The number of carbonyl (C=O) groups is 1.